The number of fused-ring (bicyclic) bond motifs is 1. The SMILES string of the molecule is CC(C)N1CCn2c(Cc3cccc(Cl)c3Cl)nc(=O)c(OCc3ccccc3)c2C1=O. The highest BCUT2D eigenvalue weighted by molar-refractivity contribution is 6.42. The van der Waals surface area contributed by atoms with Gasteiger partial charge in [0.15, 0.2) is 5.69 Å². The van der Waals surface area contributed by atoms with Gasteiger partial charge in [0.05, 0.1) is 10.0 Å². The van der Waals surface area contributed by atoms with Gasteiger partial charge in [-0.25, -0.2) is 0 Å². The molecule has 3 aromatic rings. The van der Waals surface area contributed by atoms with E-state index in [1.807, 2.05) is 50.2 Å². The van der Waals surface area contributed by atoms with Gasteiger partial charge in [0.1, 0.15) is 12.4 Å². The van der Waals surface area contributed by atoms with Crippen LogP contribution in [0.4, 0.5) is 0 Å². The molecule has 0 unspecified atom stereocenters. The molecule has 4 rings (SSSR count). The standard InChI is InChI=1S/C24H23Cl2N3O3/c1-15(2)28-11-12-29-19(13-17-9-6-10-18(25)20(17)26)27-23(30)22(21(29)24(28)31)32-14-16-7-4-3-5-8-16/h3-10,15H,11-14H2,1-2H3. The Morgan fingerprint density at radius 2 is 1.78 bits per heavy atom. The third-order valence-electron chi connectivity index (χ3n) is 5.48. The van der Waals surface area contributed by atoms with Gasteiger partial charge in [0.2, 0.25) is 5.75 Å². The molecule has 0 atom stereocenters. The molecule has 0 fully saturated rings. The van der Waals surface area contributed by atoms with E-state index in [9.17, 15) is 9.59 Å². The number of halogens is 2. The predicted molar refractivity (Wildman–Crippen MR) is 125 cm³/mol. The number of carbonyl (C=O) groups excluding carboxylic acids is 1. The number of hydrogen-bond donors (Lipinski definition) is 0. The average Bonchev–Trinajstić information content (AvgIpc) is 2.77. The first-order valence-corrected chi connectivity index (χ1v) is 11.2. The molecule has 0 N–H and O–H groups in total. The fourth-order valence-electron chi connectivity index (χ4n) is 3.82. The molecule has 0 radical (unpaired) electrons. The zero-order chi connectivity index (χ0) is 22.8. The second-order valence-electron chi connectivity index (χ2n) is 7.92. The summed E-state index contributed by atoms with van der Waals surface area (Å²) in [5, 5.41) is 0.836. The summed E-state index contributed by atoms with van der Waals surface area (Å²) in [6.45, 7) is 5.08. The van der Waals surface area contributed by atoms with Gasteiger partial charge >= 0.3 is 5.56 Å². The molecule has 1 amide bonds. The number of amides is 1. The maximum Gasteiger partial charge on any atom is 0.316 e. The number of carbonyl (C=O) groups is 1. The summed E-state index contributed by atoms with van der Waals surface area (Å²) in [7, 11) is 0. The fourth-order valence-corrected chi connectivity index (χ4v) is 4.21. The Hall–Kier alpha value is -2.83. The average molecular weight is 472 g/mol. The number of hydrogen-bond acceptors (Lipinski definition) is 4. The summed E-state index contributed by atoms with van der Waals surface area (Å²) in [6.07, 6.45) is 0.273. The lowest BCUT2D eigenvalue weighted by Gasteiger charge is -2.34. The van der Waals surface area contributed by atoms with Gasteiger partial charge in [-0.2, -0.15) is 4.98 Å². The number of aromatic nitrogens is 2. The van der Waals surface area contributed by atoms with Crippen LogP contribution in [0.25, 0.3) is 0 Å². The molecule has 0 aliphatic carbocycles. The minimum Gasteiger partial charge on any atom is -0.481 e. The molecule has 0 saturated carbocycles. The molecule has 0 bridgehead atoms. The van der Waals surface area contributed by atoms with E-state index in [-0.39, 0.29) is 36.4 Å². The Morgan fingerprint density at radius 1 is 1.03 bits per heavy atom. The van der Waals surface area contributed by atoms with E-state index in [2.05, 4.69) is 4.98 Å². The van der Waals surface area contributed by atoms with Crippen LogP contribution >= 0.6 is 23.2 Å². The smallest absolute Gasteiger partial charge is 0.316 e. The molecule has 1 aliphatic heterocycles. The van der Waals surface area contributed by atoms with Gasteiger partial charge in [-0.3, -0.25) is 9.59 Å². The van der Waals surface area contributed by atoms with Crippen molar-refractivity contribution in [3.63, 3.8) is 0 Å². The van der Waals surface area contributed by atoms with Crippen molar-refractivity contribution in [1.29, 1.82) is 0 Å². The van der Waals surface area contributed by atoms with Gasteiger partial charge < -0.3 is 14.2 Å². The largest absolute Gasteiger partial charge is 0.481 e. The van der Waals surface area contributed by atoms with Crippen molar-refractivity contribution in [2.75, 3.05) is 6.54 Å². The number of benzene rings is 2. The second-order valence-corrected chi connectivity index (χ2v) is 8.70. The van der Waals surface area contributed by atoms with Crippen LogP contribution < -0.4 is 10.3 Å². The first kappa shape index (κ1) is 22.4. The fraction of sp³-hybridized carbons (Fsp3) is 0.292. The van der Waals surface area contributed by atoms with Gasteiger partial charge in [0.25, 0.3) is 5.91 Å². The third-order valence-corrected chi connectivity index (χ3v) is 6.34. The van der Waals surface area contributed by atoms with Crippen molar-refractivity contribution in [3.8, 4) is 5.75 Å². The van der Waals surface area contributed by atoms with Gasteiger partial charge in [0, 0.05) is 25.6 Å². The number of nitrogens with zero attached hydrogens (tertiary/aromatic N) is 3. The van der Waals surface area contributed by atoms with Gasteiger partial charge in [-0.15, -0.1) is 0 Å². The van der Waals surface area contributed by atoms with Crippen LogP contribution in [-0.2, 0) is 19.6 Å². The molecule has 8 heteroatoms. The van der Waals surface area contributed by atoms with Crippen LogP contribution in [0.15, 0.2) is 53.3 Å². The van der Waals surface area contributed by atoms with Crippen molar-refractivity contribution in [1.82, 2.24) is 14.5 Å². The van der Waals surface area contributed by atoms with Crippen LogP contribution in [0.2, 0.25) is 10.0 Å². The van der Waals surface area contributed by atoms with Crippen LogP contribution in [0.5, 0.6) is 5.75 Å². The summed E-state index contributed by atoms with van der Waals surface area (Å²) in [6, 6.07) is 14.8. The Labute approximate surface area is 196 Å². The first-order valence-electron chi connectivity index (χ1n) is 10.4. The van der Waals surface area contributed by atoms with Gasteiger partial charge in [-0.05, 0) is 31.0 Å². The maximum absolute atomic E-state index is 13.4. The molecule has 0 saturated heterocycles. The molecular weight excluding hydrogens is 449 g/mol. The lowest BCUT2D eigenvalue weighted by Crippen LogP contribution is -2.46. The summed E-state index contributed by atoms with van der Waals surface area (Å²) in [5.41, 5.74) is 1.29. The topological polar surface area (TPSA) is 64.4 Å². The normalized spacial score (nSPS) is 13.4. The Morgan fingerprint density at radius 3 is 2.50 bits per heavy atom. The molecule has 2 heterocycles. The molecule has 0 spiro atoms. The van der Waals surface area contributed by atoms with Gasteiger partial charge in [-0.1, -0.05) is 65.7 Å². The lowest BCUT2D eigenvalue weighted by molar-refractivity contribution is 0.0634. The van der Waals surface area contributed by atoms with Crippen LogP contribution in [0.1, 0.15) is 41.3 Å². The summed E-state index contributed by atoms with van der Waals surface area (Å²) in [4.78, 5) is 32.4. The van der Waals surface area contributed by atoms with Crippen molar-refractivity contribution in [2.45, 2.75) is 39.5 Å². The Bertz CT molecular complexity index is 1210. The number of rotatable bonds is 6. The predicted octanol–water partition coefficient (Wildman–Crippen LogP) is 4.58. The van der Waals surface area contributed by atoms with Crippen LogP contribution in [0.3, 0.4) is 0 Å². The molecule has 1 aromatic heterocycles. The minimum absolute atomic E-state index is 0.00712. The minimum atomic E-state index is -0.570. The molecule has 1 aliphatic rings. The van der Waals surface area contributed by atoms with E-state index in [1.54, 1.807) is 21.6 Å². The second kappa shape index (κ2) is 9.35. The molecule has 2 aromatic carbocycles. The zero-order valence-corrected chi connectivity index (χ0v) is 19.4. The van der Waals surface area contributed by atoms with E-state index in [1.165, 1.54) is 0 Å². The summed E-state index contributed by atoms with van der Waals surface area (Å²) in [5.74, 6) is 0.190. The summed E-state index contributed by atoms with van der Waals surface area (Å²) < 4.78 is 7.66. The highest BCUT2D eigenvalue weighted by atomic mass is 35.5. The highest BCUT2D eigenvalue weighted by Crippen LogP contribution is 2.29. The quantitative estimate of drug-likeness (QED) is 0.527. The zero-order valence-electron chi connectivity index (χ0n) is 17.8. The molecule has 166 valence electrons. The molecule has 6 nitrogen and oxygen atoms in total. The van der Waals surface area contributed by atoms with E-state index >= 15 is 0 Å². The van der Waals surface area contributed by atoms with Crippen molar-refractivity contribution in [3.05, 3.63) is 91.6 Å². The lowest BCUT2D eigenvalue weighted by atomic mass is 10.1. The number of ether oxygens (including phenoxy) is 1. The van der Waals surface area contributed by atoms with E-state index in [0.717, 1.165) is 11.1 Å². The Balaban J connectivity index is 1.79. The van der Waals surface area contributed by atoms with E-state index in [0.29, 0.717) is 29.0 Å². The molecular formula is C24H23Cl2N3O3. The van der Waals surface area contributed by atoms with Crippen molar-refractivity contribution >= 4 is 29.1 Å². The van der Waals surface area contributed by atoms with Crippen LogP contribution in [-0.4, -0.2) is 32.9 Å². The van der Waals surface area contributed by atoms with Crippen LogP contribution in [0, 0.1) is 0 Å². The maximum atomic E-state index is 13.4. The van der Waals surface area contributed by atoms with Crippen molar-refractivity contribution < 1.29 is 9.53 Å². The third kappa shape index (κ3) is 4.38. The first-order chi connectivity index (χ1) is 15.4. The highest BCUT2D eigenvalue weighted by Gasteiger charge is 2.33. The summed E-state index contributed by atoms with van der Waals surface area (Å²) >= 11 is 12.5. The van der Waals surface area contributed by atoms with Crippen molar-refractivity contribution in [2.24, 2.45) is 0 Å². The monoisotopic (exact) mass is 471 g/mol. The molecule has 32 heavy (non-hydrogen) atoms. The Kier molecular flexibility index (Phi) is 6.53. The van der Waals surface area contributed by atoms with E-state index in [4.69, 9.17) is 27.9 Å². The van der Waals surface area contributed by atoms with E-state index < -0.39 is 5.56 Å².